The summed E-state index contributed by atoms with van der Waals surface area (Å²) in [5.74, 6) is 0. The van der Waals surface area contributed by atoms with E-state index in [1.54, 1.807) is 0 Å². The first-order valence-electron chi connectivity index (χ1n) is 9.13. The maximum Gasteiger partial charge on any atom is 0.0779 e. The lowest BCUT2D eigenvalue weighted by Crippen LogP contribution is -2.15. The molecular weight excluding hydrogens is 318 g/mol. The largest absolute Gasteiger partial charge is 0.239 e. The van der Waals surface area contributed by atoms with E-state index in [4.69, 9.17) is 0 Å². The summed E-state index contributed by atoms with van der Waals surface area (Å²) < 4.78 is 0. The molecule has 3 aromatic carbocycles. The molecule has 0 spiro atoms. The van der Waals surface area contributed by atoms with Crippen LogP contribution in [0.15, 0.2) is 96.1 Å². The second-order valence-corrected chi connectivity index (χ2v) is 6.55. The van der Waals surface area contributed by atoms with Gasteiger partial charge in [-0.05, 0) is 29.5 Å². The summed E-state index contributed by atoms with van der Waals surface area (Å²) in [6.07, 6.45) is 3.91. The molecule has 0 aliphatic carbocycles. The van der Waals surface area contributed by atoms with Gasteiger partial charge in [0.25, 0.3) is 0 Å². The average Bonchev–Trinajstić information content (AvgIpc) is 3.44. The third-order valence-electron chi connectivity index (χ3n) is 4.76. The van der Waals surface area contributed by atoms with Crippen molar-refractivity contribution in [3.63, 3.8) is 0 Å². The number of hydrazone groups is 1. The fourth-order valence-electron chi connectivity index (χ4n) is 3.39. The number of aryl methyl sites for hydroxylation is 1. The normalized spacial score (nSPS) is 21.6. The van der Waals surface area contributed by atoms with Crippen molar-refractivity contribution >= 4 is 6.21 Å². The number of hydrogen-bond donors (Lipinski definition) is 1. The molecule has 3 aromatic rings. The first kappa shape index (κ1) is 16.6. The highest BCUT2D eigenvalue weighted by atomic mass is 15.7. The summed E-state index contributed by atoms with van der Waals surface area (Å²) in [5, 5.41) is 6.66. The van der Waals surface area contributed by atoms with Gasteiger partial charge in [-0.3, -0.25) is 0 Å². The van der Waals surface area contributed by atoms with Crippen molar-refractivity contribution in [1.29, 1.82) is 0 Å². The monoisotopic (exact) mass is 341 g/mol. The Morgan fingerprint density at radius 1 is 0.731 bits per heavy atom. The first-order valence-corrected chi connectivity index (χ1v) is 9.13. The molecule has 2 atom stereocenters. The quantitative estimate of drug-likeness (QED) is 0.376. The summed E-state index contributed by atoms with van der Waals surface area (Å²) in [7, 11) is 0. The molecule has 1 heterocycles. The fourth-order valence-corrected chi connectivity index (χ4v) is 3.39. The molecule has 0 aromatic heterocycles. The lowest BCUT2D eigenvalue weighted by Gasteiger charge is -2.03. The minimum atomic E-state index is 0.324. The van der Waals surface area contributed by atoms with E-state index < -0.39 is 0 Å². The second kappa shape index (κ2) is 7.98. The van der Waals surface area contributed by atoms with Crippen LogP contribution in [0.1, 0.15) is 35.2 Å². The highest BCUT2D eigenvalue weighted by molar-refractivity contribution is 5.57. The Morgan fingerprint density at radius 3 is 1.77 bits per heavy atom. The predicted molar refractivity (Wildman–Crippen MR) is 107 cm³/mol. The van der Waals surface area contributed by atoms with E-state index in [1.807, 2.05) is 12.3 Å². The third-order valence-corrected chi connectivity index (χ3v) is 4.76. The lowest BCUT2D eigenvalue weighted by atomic mass is 10.0. The van der Waals surface area contributed by atoms with Gasteiger partial charge in [0.1, 0.15) is 0 Å². The van der Waals surface area contributed by atoms with Gasteiger partial charge >= 0.3 is 0 Å². The fraction of sp³-hybridized carbons (Fsp3) is 0.174. The molecule has 26 heavy (non-hydrogen) atoms. The number of rotatable bonds is 7. The van der Waals surface area contributed by atoms with Gasteiger partial charge in [0.2, 0.25) is 0 Å². The van der Waals surface area contributed by atoms with Crippen LogP contribution in [0, 0.1) is 0 Å². The Hall–Kier alpha value is -2.91. The van der Waals surface area contributed by atoms with Crippen molar-refractivity contribution in [3.8, 4) is 0 Å². The van der Waals surface area contributed by atoms with Gasteiger partial charge in [0, 0.05) is 6.21 Å². The van der Waals surface area contributed by atoms with Crippen molar-refractivity contribution in [1.82, 2.24) is 10.5 Å². The molecule has 0 bridgehead atoms. The molecule has 3 heteroatoms. The summed E-state index contributed by atoms with van der Waals surface area (Å²) in [6.45, 7) is 0. The van der Waals surface area contributed by atoms with E-state index in [-0.39, 0.29) is 0 Å². The van der Waals surface area contributed by atoms with E-state index in [0.717, 1.165) is 12.8 Å². The maximum atomic E-state index is 4.45. The van der Waals surface area contributed by atoms with E-state index >= 15 is 0 Å². The number of hydrazine groups is 1. The number of hydrogen-bond acceptors (Lipinski definition) is 3. The Morgan fingerprint density at radius 2 is 1.23 bits per heavy atom. The van der Waals surface area contributed by atoms with Crippen molar-refractivity contribution in [2.75, 3.05) is 0 Å². The maximum absolute atomic E-state index is 4.45. The third kappa shape index (κ3) is 3.84. The van der Waals surface area contributed by atoms with Crippen molar-refractivity contribution < 1.29 is 0 Å². The van der Waals surface area contributed by atoms with Crippen LogP contribution < -0.4 is 5.53 Å². The lowest BCUT2D eigenvalue weighted by molar-refractivity contribution is 0.364. The Kier molecular flexibility index (Phi) is 5.08. The summed E-state index contributed by atoms with van der Waals surface area (Å²) in [5.41, 5.74) is 7.21. The number of nitrogens with zero attached hydrogens (tertiary/aromatic N) is 2. The van der Waals surface area contributed by atoms with Crippen LogP contribution in [0.2, 0.25) is 0 Å². The topological polar surface area (TPSA) is 27.4 Å². The standard InChI is InChI=1S/C23H23N3/c1-4-11-19(12-5-1)13-10-18-24-25-26-22(20-14-6-2-7-15-20)23(26)21-16-8-3-9-17-21/h1-9,11-12,14-18,22-23,25H,10,13H2/b24-18+/t22-,23-/m1/s1. The zero-order valence-corrected chi connectivity index (χ0v) is 14.7. The van der Waals surface area contributed by atoms with Crippen molar-refractivity contribution in [3.05, 3.63) is 108 Å². The molecule has 3 nitrogen and oxygen atoms in total. The van der Waals surface area contributed by atoms with Crippen molar-refractivity contribution in [2.24, 2.45) is 5.10 Å². The van der Waals surface area contributed by atoms with Crippen LogP contribution in [0.3, 0.4) is 0 Å². The molecule has 0 amide bonds. The van der Waals surface area contributed by atoms with E-state index in [2.05, 4.69) is 101 Å². The van der Waals surface area contributed by atoms with Gasteiger partial charge in [-0.25, -0.2) is 5.53 Å². The molecule has 130 valence electrons. The van der Waals surface area contributed by atoms with Crippen molar-refractivity contribution in [2.45, 2.75) is 24.9 Å². The van der Waals surface area contributed by atoms with Gasteiger partial charge < -0.3 is 0 Å². The summed E-state index contributed by atoms with van der Waals surface area (Å²) >= 11 is 0. The zero-order valence-electron chi connectivity index (χ0n) is 14.7. The average molecular weight is 341 g/mol. The molecule has 4 rings (SSSR count). The van der Waals surface area contributed by atoms with Crippen LogP contribution in [0.4, 0.5) is 0 Å². The molecule has 0 unspecified atom stereocenters. The van der Waals surface area contributed by atoms with Gasteiger partial charge in [-0.15, -0.1) is 0 Å². The van der Waals surface area contributed by atoms with Crippen LogP contribution in [-0.2, 0) is 6.42 Å². The Balaban J connectivity index is 1.38. The van der Waals surface area contributed by atoms with E-state index in [1.165, 1.54) is 16.7 Å². The van der Waals surface area contributed by atoms with Gasteiger partial charge in [0.05, 0.1) is 12.1 Å². The Bertz CT molecular complexity index is 786. The van der Waals surface area contributed by atoms with Crippen LogP contribution >= 0.6 is 0 Å². The van der Waals surface area contributed by atoms with Gasteiger partial charge in [0.15, 0.2) is 0 Å². The Labute approximate surface area is 155 Å². The zero-order chi connectivity index (χ0) is 17.6. The first-order chi connectivity index (χ1) is 12.9. The number of nitrogens with one attached hydrogen (secondary N) is 1. The minimum Gasteiger partial charge on any atom is -0.239 e. The number of benzene rings is 3. The van der Waals surface area contributed by atoms with Crippen LogP contribution in [0.25, 0.3) is 0 Å². The van der Waals surface area contributed by atoms with Crippen LogP contribution in [0.5, 0.6) is 0 Å². The summed E-state index contributed by atoms with van der Waals surface area (Å²) in [6, 6.07) is 32.4. The molecule has 1 aliphatic heterocycles. The molecule has 0 radical (unpaired) electrons. The van der Waals surface area contributed by atoms with E-state index in [0.29, 0.717) is 12.1 Å². The molecule has 1 fully saturated rings. The van der Waals surface area contributed by atoms with E-state index in [9.17, 15) is 0 Å². The highest BCUT2D eigenvalue weighted by Gasteiger charge is 2.50. The van der Waals surface area contributed by atoms with Gasteiger partial charge in [-0.1, -0.05) is 91.0 Å². The molecule has 0 saturated carbocycles. The molecule has 1 aliphatic rings. The smallest absolute Gasteiger partial charge is 0.0779 e. The SMILES string of the molecule is C(/CCc1ccccc1)=N\NN1[C@H](c2ccccc2)[C@H]1c1ccccc1. The molecular formula is C23H23N3. The molecule has 1 N–H and O–H groups in total. The second-order valence-electron chi connectivity index (χ2n) is 6.55. The summed E-state index contributed by atoms with van der Waals surface area (Å²) in [4.78, 5) is 0. The minimum absolute atomic E-state index is 0.324. The predicted octanol–water partition coefficient (Wildman–Crippen LogP) is 4.91. The van der Waals surface area contributed by atoms with Gasteiger partial charge in [-0.2, -0.15) is 10.1 Å². The highest BCUT2D eigenvalue weighted by Crippen LogP contribution is 2.52. The molecule has 1 saturated heterocycles. The van der Waals surface area contributed by atoms with Crippen LogP contribution in [-0.4, -0.2) is 11.2 Å².